The first kappa shape index (κ1) is 16.0. The lowest BCUT2D eigenvalue weighted by atomic mass is 10.3. The normalized spacial score (nSPS) is 20.4. The summed E-state index contributed by atoms with van der Waals surface area (Å²) >= 11 is 0. The smallest absolute Gasteiger partial charge is 0.257 e. The van der Waals surface area contributed by atoms with Crippen LogP contribution in [-0.2, 0) is 0 Å². The summed E-state index contributed by atoms with van der Waals surface area (Å²) in [5, 5.41) is 0. The number of anilines is 1. The highest BCUT2D eigenvalue weighted by Gasteiger charge is 2.24. The molecule has 4 rings (SSSR count). The summed E-state index contributed by atoms with van der Waals surface area (Å²) in [5.74, 6) is 2.87. The van der Waals surface area contributed by atoms with Crippen LogP contribution in [0, 0.1) is 0 Å². The maximum absolute atomic E-state index is 5.94. The molecule has 7 nitrogen and oxygen atoms in total. The zero-order valence-electron chi connectivity index (χ0n) is 14.3. The molecule has 0 saturated carbocycles. The van der Waals surface area contributed by atoms with Gasteiger partial charge in [-0.2, -0.15) is 0 Å². The van der Waals surface area contributed by atoms with Gasteiger partial charge < -0.3 is 24.0 Å². The maximum Gasteiger partial charge on any atom is 0.257 e. The van der Waals surface area contributed by atoms with Crippen molar-refractivity contribution < 1.29 is 14.2 Å². The van der Waals surface area contributed by atoms with Crippen molar-refractivity contribution >= 4 is 5.82 Å². The summed E-state index contributed by atoms with van der Waals surface area (Å²) in [4.78, 5) is 13.4. The van der Waals surface area contributed by atoms with Crippen LogP contribution in [0.25, 0.3) is 0 Å². The quantitative estimate of drug-likeness (QED) is 0.833. The number of ether oxygens (including phenoxy) is 3. The van der Waals surface area contributed by atoms with Crippen LogP contribution < -0.4 is 19.1 Å². The molecular formula is C18H22N4O3. The number of para-hydroxylation sites is 2. The number of benzene rings is 1. The molecule has 0 bridgehead atoms. The lowest BCUT2D eigenvalue weighted by Gasteiger charge is -2.33. The van der Waals surface area contributed by atoms with Crippen LogP contribution in [-0.4, -0.2) is 67.4 Å². The molecule has 2 aliphatic heterocycles. The number of fused-ring (bicyclic) bond motifs is 1. The summed E-state index contributed by atoms with van der Waals surface area (Å²) in [6.45, 7) is 4.68. The summed E-state index contributed by atoms with van der Waals surface area (Å²) < 4.78 is 17.6. The molecule has 1 fully saturated rings. The Morgan fingerprint density at radius 1 is 1.08 bits per heavy atom. The first-order valence-corrected chi connectivity index (χ1v) is 8.55. The van der Waals surface area contributed by atoms with Crippen LogP contribution in [0.4, 0.5) is 5.82 Å². The Balaban J connectivity index is 1.40. The van der Waals surface area contributed by atoms with E-state index in [0.29, 0.717) is 19.1 Å². The lowest BCUT2D eigenvalue weighted by Crippen LogP contribution is -2.45. The average molecular weight is 342 g/mol. The Morgan fingerprint density at radius 2 is 1.84 bits per heavy atom. The Hall–Kier alpha value is -2.54. The van der Waals surface area contributed by atoms with E-state index in [1.165, 1.54) is 0 Å². The molecule has 1 aromatic heterocycles. The van der Waals surface area contributed by atoms with Crippen LogP contribution in [0.15, 0.2) is 36.7 Å². The van der Waals surface area contributed by atoms with E-state index in [0.717, 1.165) is 43.5 Å². The second-order valence-corrected chi connectivity index (χ2v) is 6.28. The molecule has 2 aliphatic rings. The van der Waals surface area contributed by atoms with E-state index >= 15 is 0 Å². The van der Waals surface area contributed by atoms with E-state index in [4.69, 9.17) is 14.2 Å². The predicted molar refractivity (Wildman–Crippen MR) is 93.6 cm³/mol. The Labute approximate surface area is 147 Å². The minimum atomic E-state index is -0.169. The van der Waals surface area contributed by atoms with Gasteiger partial charge in [-0.3, -0.25) is 0 Å². The van der Waals surface area contributed by atoms with E-state index in [1.54, 1.807) is 12.4 Å². The first-order chi connectivity index (χ1) is 12.3. The number of piperazine rings is 1. The van der Waals surface area contributed by atoms with Crippen LogP contribution in [0.2, 0.25) is 0 Å². The van der Waals surface area contributed by atoms with Crippen molar-refractivity contribution in [1.82, 2.24) is 14.9 Å². The van der Waals surface area contributed by atoms with E-state index in [1.807, 2.05) is 24.3 Å². The highest BCUT2D eigenvalue weighted by atomic mass is 16.6. The van der Waals surface area contributed by atoms with Gasteiger partial charge in [0.25, 0.3) is 5.88 Å². The number of nitrogens with zero attached hydrogens (tertiary/aromatic N) is 4. The minimum absolute atomic E-state index is 0.169. The van der Waals surface area contributed by atoms with Gasteiger partial charge in [0.05, 0.1) is 0 Å². The molecule has 0 radical (unpaired) electrons. The molecule has 132 valence electrons. The number of hydrogen-bond donors (Lipinski definition) is 0. The largest absolute Gasteiger partial charge is 0.486 e. The van der Waals surface area contributed by atoms with Gasteiger partial charge in [-0.1, -0.05) is 12.1 Å². The van der Waals surface area contributed by atoms with Gasteiger partial charge in [0.2, 0.25) is 0 Å². The standard InChI is InChI=1S/C18H22N4O3/c1-21-8-10-22(11-9-21)17-18(20-7-6-19-17)24-13-14-12-23-15-4-2-3-5-16(15)25-14/h2-7,14H,8-13H2,1H3. The number of likely N-dealkylation sites (N-methyl/N-ethyl adjacent to an activating group) is 1. The Bertz CT molecular complexity index is 719. The second-order valence-electron chi connectivity index (χ2n) is 6.28. The van der Waals surface area contributed by atoms with Crippen molar-refractivity contribution in [1.29, 1.82) is 0 Å². The van der Waals surface area contributed by atoms with Gasteiger partial charge in [0.1, 0.15) is 13.2 Å². The van der Waals surface area contributed by atoms with E-state index in [9.17, 15) is 0 Å². The van der Waals surface area contributed by atoms with Gasteiger partial charge in [-0.25, -0.2) is 9.97 Å². The molecule has 1 saturated heterocycles. The van der Waals surface area contributed by atoms with Crippen LogP contribution in [0.1, 0.15) is 0 Å². The van der Waals surface area contributed by atoms with Crippen LogP contribution in [0.3, 0.4) is 0 Å². The van der Waals surface area contributed by atoms with Gasteiger partial charge in [-0.05, 0) is 19.2 Å². The zero-order chi connectivity index (χ0) is 17.1. The molecule has 25 heavy (non-hydrogen) atoms. The minimum Gasteiger partial charge on any atom is -0.486 e. The van der Waals surface area contributed by atoms with Crippen molar-refractivity contribution in [2.75, 3.05) is 51.3 Å². The molecule has 1 aromatic carbocycles. The van der Waals surface area contributed by atoms with E-state index < -0.39 is 0 Å². The Morgan fingerprint density at radius 3 is 2.68 bits per heavy atom. The van der Waals surface area contributed by atoms with Gasteiger partial charge in [-0.15, -0.1) is 0 Å². The molecule has 1 atom stereocenters. The zero-order valence-corrected chi connectivity index (χ0v) is 14.3. The number of aromatic nitrogens is 2. The van der Waals surface area contributed by atoms with Crippen molar-refractivity contribution in [3.05, 3.63) is 36.7 Å². The molecule has 7 heteroatoms. The highest BCUT2D eigenvalue weighted by molar-refractivity contribution is 5.48. The van der Waals surface area contributed by atoms with E-state index in [-0.39, 0.29) is 6.10 Å². The van der Waals surface area contributed by atoms with Gasteiger partial charge in [0.15, 0.2) is 23.4 Å². The fourth-order valence-electron chi connectivity index (χ4n) is 2.97. The SMILES string of the molecule is CN1CCN(c2nccnc2OCC2COc3ccccc3O2)CC1. The summed E-state index contributed by atoms with van der Waals surface area (Å²) in [6.07, 6.45) is 3.19. The Kier molecular flexibility index (Phi) is 4.56. The maximum atomic E-state index is 5.94. The average Bonchev–Trinajstić information content (AvgIpc) is 2.67. The van der Waals surface area contributed by atoms with Crippen molar-refractivity contribution in [2.45, 2.75) is 6.10 Å². The molecule has 1 unspecified atom stereocenters. The summed E-state index contributed by atoms with van der Waals surface area (Å²) in [6, 6.07) is 7.67. The predicted octanol–water partition coefficient (Wildman–Crippen LogP) is 1.45. The summed E-state index contributed by atoms with van der Waals surface area (Å²) in [7, 11) is 2.13. The molecule has 0 amide bonds. The second kappa shape index (κ2) is 7.14. The number of hydrogen-bond acceptors (Lipinski definition) is 7. The summed E-state index contributed by atoms with van der Waals surface area (Å²) in [5.41, 5.74) is 0. The van der Waals surface area contributed by atoms with Crippen LogP contribution >= 0.6 is 0 Å². The first-order valence-electron chi connectivity index (χ1n) is 8.55. The van der Waals surface area contributed by atoms with Crippen molar-refractivity contribution in [3.8, 4) is 17.4 Å². The monoisotopic (exact) mass is 342 g/mol. The van der Waals surface area contributed by atoms with Crippen LogP contribution in [0.5, 0.6) is 17.4 Å². The van der Waals surface area contributed by atoms with E-state index in [2.05, 4.69) is 26.8 Å². The molecule has 0 N–H and O–H groups in total. The fourth-order valence-corrected chi connectivity index (χ4v) is 2.97. The number of rotatable bonds is 4. The third-order valence-electron chi connectivity index (χ3n) is 4.42. The lowest BCUT2D eigenvalue weighted by molar-refractivity contribution is 0.0522. The van der Waals surface area contributed by atoms with Gasteiger partial charge >= 0.3 is 0 Å². The van der Waals surface area contributed by atoms with Crippen molar-refractivity contribution in [2.24, 2.45) is 0 Å². The molecular weight excluding hydrogens is 320 g/mol. The molecule has 2 aromatic rings. The fraction of sp³-hybridized carbons (Fsp3) is 0.444. The van der Waals surface area contributed by atoms with Gasteiger partial charge in [0, 0.05) is 38.6 Å². The highest BCUT2D eigenvalue weighted by Crippen LogP contribution is 2.31. The third kappa shape index (κ3) is 3.61. The third-order valence-corrected chi connectivity index (χ3v) is 4.42. The molecule has 0 spiro atoms. The van der Waals surface area contributed by atoms with Crippen molar-refractivity contribution in [3.63, 3.8) is 0 Å². The topological polar surface area (TPSA) is 60.0 Å². The molecule has 3 heterocycles. The molecule has 0 aliphatic carbocycles.